The van der Waals surface area contributed by atoms with E-state index in [9.17, 15) is 18.4 Å². The van der Waals surface area contributed by atoms with Crippen molar-refractivity contribution in [2.45, 2.75) is 25.4 Å². The molecule has 1 aliphatic rings. The van der Waals surface area contributed by atoms with Gasteiger partial charge in [0.2, 0.25) is 11.8 Å². The van der Waals surface area contributed by atoms with Crippen molar-refractivity contribution in [1.29, 1.82) is 0 Å². The van der Waals surface area contributed by atoms with Crippen LogP contribution in [0.4, 0.5) is 14.5 Å². The summed E-state index contributed by atoms with van der Waals surface area (Å²) in [6.07, 6.45) is -0.938. The van der Waals surface area contributed by atoms with Crippen LogP contribution in [0, 0.1) is 0 Å². The third kappa shape index (κ3) is 2.86. The van der Waals surface area contributed by atoms with Crippen molar-refractivity contribution in [3.05, 3.63) is 47.8 Å². The molecule has 0 radical (unpaired) electrons. The van der Waals surface area contributed by atoms with E-state index in [0.717, 1.165) is 10.2 Å². The molecule has 1 atom stereocenters. The van der Waals surface area contributed by atoms with Crippen molar-refractivity contribution < 1.29 is 18.4 Å². The number of nitrogens with zero attached hydrogens (tertiary/aromatic N) is 3. The minimum atomic E-state index is -2.69. The fourth-order valence-corrected chi connectivity index (χ4v) is 2.87. The van der Waals surface area contributed by atoms with Crippen LogP contribution in [-0.4, -0.2) is 34.7 Å². The molecular weight excluding hydrogens is 318 g/mol. The Morgan fingerprint density at radius 2 is 2.08 bits per heavy atom. The summed E-state index contributed by atoms with van der Waals surface area (Å²) in [5.41, 5.74) is 1.18. The number of halogens is 2. The summed E-state index contributed by atoms with van der Waals surface area (Å²) < 4.78 is 26.4. The van der Waals surface area contributed by atoms with Gasteiger partial charge >= 0.3 is 0 Å². The average Bonchev–Trinajstić information content (AvgIpc) is 3.18. The molecule has 1 aromatic carbocycles. The lowest BCUT2D eigenvalue weighted by Crippen LogP contribution is -2.48. The number of hydrogen-bond donors (Lipinski definition) is 1. The van der Waals surface area contributed by atoms with Crippen LogP contribution >= 0.6 is 0 Å². The molecular formula is C16H16F2N4O2. The van der Waals surface area contributed by atoms with Crippen LogP contribution in [0.2, 0.25) is 0 Å². The molecule has 0 bridgehead atoms. The fourth-order valence-electron chi connectivity index (χ4n) is 2.87. The Hall–Kier alpha value is -2.77. The zero-order valence-electron chi connectivity index (χ0n) is 12.9. The highest BCUT2D eigenvalue weighted by Gasteiger charge is 2.37. The van der Waals surface area contributed by atoms with E-state index in [0.29, 0.717) is 12.1 Å². The molecule has 0 aliphatic carbocycles. The Morgan fingerprint density at radius 1 is 1.33 bits per heavy atom. The highest BCUT2D eigenvalue weighted by Crippen LogP contribution is 2.32. The lowest BCUT2D eigenvalue weighted by molar-refractivity contribution is -0.126. The molecule has 1 unspecified atom stereocenters. The van der Waals surface area contributed by atoms with E-state index in [1.807, 2.05) is 12.1 Å². The number of alkyl halides is 2. The second-order valence-corrected chi connectivity index (χ2v) is 5.47. The number of nitrogens with one attached hydrogen (secondary N) is 1. The number of aromatic nitrogens is 2. The van der Waals surface area contributed by atoms with E-state index in [1.165, 1.54) is 24.2 Å². The monoisotopic (exact) mass is 334 g/mol. The van der Waals surface area contributed by atoms with Gasteiger partial charge in [-0.1, -0.05) is 18.2 Å². The predicted octanol–water partition coefficient (Wildman–Crippen LogP) is 1.52. The largest absolute Gasteiger partial charge is 0.357 e. The highest BCUT2D eigenvalue weighted by atomic mass is 19.3. The van der Waals surface area contributed by atoms with Gasteiger partial charge in [0.25, 0.3) is 6.43 Å². The number of benzene rings is 1. The van der Waals surface area contributed by atoms with Gasteiger partial charge < -0.3 is 5.32 Å². The van der Waals surface area contributed by atoms with Gasteiger partial charge in [-0.3, -0.25) is 19.2 Å². The summed E-state index contributed by atoms with van der Waals surface area (Å²) in [6, 6.07) is 7.78. The van der Waals surface area contributed by atoms with E-state index in [-0.39, 0.29) is 24.1 Å². The van der Waals surface area contributed by atoms with Crippen molar-refractivity contribution >= 4 is 17.5 Å². The number of rotatable bonds is 4. The maximum atomic E-state index is 12.7. The van der Waals surface area contributed by atoms with E-state index >= 15 is 0 Å². The first-order valence-corrected chi connectivity index (χ1v) is 7.44. The molecule has 0 spiro atoms. The number of anilines is 1. The Labute approximate surface area is 137 Å². The minimum absolute atomic E-state index is 0.214. The van der Waals surface area contributed by atoms with Crippen LogP contribution in [0.5, 0.6) is 0 Å². The molecule has 6 nitrogen and oxygen atoms in total. The molecule has 8 heteroatoms. The van der Waals surface area contributed by atoms with Crippen LogP contribution < -0.4 is 10.2 Å². The highest BCUT2D eigenvalue weighted by molar-refractivity contribution is 6.03. The summed E-state index contributed by atoms with van der Waals surface area (Å²) in [6.45, 7) is -0.214. The molecule has 0 fully saturated rings. The number of amides is 2. The zero-order chi connectivity index (χ0) is 17.3. The van der Waals surface area contributed by atoms with Gasteiger partial charge in [-0.15, -0.1) is 0 Å². The SMILES string of the molecule is CNC(=O)C1Cc2ccccc2N1C(=O)Cn1ccc(C(F)F)n1. The lowest BCUT2D eigenvalue weighted by atomic mass is 10.1. The first-order chi connectivity index (χ1) is 11.5. The predicted molar refractivity (Wildman–Crippen MR) is 82.7 cm³/mol. The molecule has 3 rings (SSSR count). The smallest absolute Gasteiger partial charge is 0.282 e. The van der Waals surface area contributed by atoms with Gasteiger partial charge in [0.05, 0.1) is 0 Å². The summed E-state index contributed by atoms with van der Waals surface area (Å²) in [5, 5.41) is 6.24. The van der Waals surface area contributed by atoms with E-state index < -0.39 is 12.5 Å². The summed E-state index contributed by atoms with van der Waals surface area (Å²) in [5.74, 6) is -0.647. The third-order valence-corrected chi connectivity index (χ3v) is 3.98. The van der Waals surface area contributed by atoms with Crippen molar-refractivity contribution in [3.63, 3.8) is 0 Å². The maximum Gasteiger partial charge on any atom is 0.282 e. The standard InChI is InChI=1S/C16H16F2N4O2/c1-19-16(24)13-8-10-4-2-3-5-12(10)22(13)14(23)9-21-7-6-11(20-21)15(17)18/h2-7,13,15H,8-9H2,1H3,(H,19,24). The molecule has 0 saturated carbocycles. The Balaban J connectivity index is 1.86. The Morgan fingerprint density at radius 3 is 2.75 bits per heavy atom. The van der Waals surface area contributed by atoms with Crippen molar-refractivity contribution in [2.24, 2.45) is 0 Å². The quantitative estimate of drug-likeness (QED) is 0.922. The van der Waals surface area contributed by atoms with Gasteiger partial charge in [-0.2, -0.15) is 5.10 Å². The van der Waals surface area contributed by atoms with Crippen LogP contribution in [-0.2, 0) is 22.6 Å². The second-order valence-electron chi connectivity index (χ2n) is 5.47. The molecule has 0 saturated heterocycles. The number of para-hydroxylation sites is 1. The van der Waals surface area contributed by atoms with Crippen LogP contribution in [0.15, 0.2) is 36.5 Å². The molecule has 1 N–H and O–H groups in total. The second kappa shape index (κ2) is 6.38. The number of likely N-dealkylation sites (N-methyl/N-ethyl adjacent to an activating group) is 1. The van der Waals surface area contributed by atoms with Crippen molar-refractivity contribution in [1.82, 2.24) is 15.1 Å². The zero-order valence-corrected chi connectivity index (χ0v) is 12.9. The van der Waals surface area contributed by atoms with Gasteiger partial charge in [0.1, 0.15) is 18.3 Å². The summed E-state index contributed by atoms with van der Waals surface area (Å²) in [7, 11) is 1.51. The first kappa shape index (κ1) is 16.1. The Kier molecular flexibility index (Phi) is 4.28. The molecule has 1 aliphatic heterocycles. The van der Waals surface area contributed by atoms with Crippen molar-refractivity contribution in [2.75, 3.05) is 11.9 Å². The van der Waals surface area contributed by atoms with Gasteiger partial charge in [0, 0.05) is 25.4 Å². The van der Waals surface area contributed by atoms with Crippen LogP contribution in [0.25, 0.3) is 0 Å². The average molecular weight is 334 g/mol. The minimum Gasteiger partial charge on any atom is -0.357 e. The van der Waals surface area contributed by atoms with E-state index in [2.05, 4.69) is 10.4 Å². The first-order valence-electron chi connectivity index (χ1n) is 7.44. The van der Waals surface area contributed by atoms with Gasteiger partial charge in [-0.25, -0.2) is 8.78 Å². The summed E-state index contributed by atoms with van der Waals surface area (Å²) in [4.78, 5) is 26.2. The lowest BCUT2D eigenvalue weighted by Gasteiger charge is -2.24. The number of carbonyl (C=O) groups excluding carboxylic acids is 2. The fraction of sp³-hybridized carbons (Fsp3) is 0.312. The number of fused-ring (bicyclic) bond motifs is 1. The van der Waals surface area contributed by atoms with Gasteiger partial charge in [0.15, 0.2) is 0 Å². The van der Waals surface area contributed by atoms with Crippen LogP contribution in [0.1, 0.15) is 17.7 Å². The molecule has 2 heterocycles. The van der Waals surface area contributed by atoms with Crippen LogP contribution in [0.3, 0.4) is 0 Å². The molecule has 126 valence electrons. The molecule has 2 aromatic rings. The number of hydrogen-bond acceptors (Lipinski definition) is 3. The topological polar surface area (TPSA) is 67.2 Å². The molecule has 24 heavy (non-hydrogen) atoms. The Bertz CT molecular complexity index is 775. The third-order valence-electron chi connectivity index (χ3n) is 3.98. The van der Waals surface area contributed by atoms with E-state index in [1.54, 1.807) is 12.1 Å². The van der Waals surface area contributed by atoms with E-state index in [4.69, 9.17) is 0 Å². The normalized spacial score (nSPS) is 16.3. The summed E-state index contributed by atoms with van der Waals surface area (Å²) >= 11 is 0. The maximum absolute atomic E-state index is 12.7. The number of carbonyl (C=O) groups is 2. The molecule has 1 aromatic heterocycles. The van der Waals surface area contributed by atoms with Crippen molar-refractivity contribution in [3.8, 4) is 0 Å². The molecule has 2 amide bonds. The van der Waals surface area contributed by atoms with Gasteiger partial charge in [-0.05, 0) is 17.7 Å².